The molecule has 1 aromatic carbocycles. The van der Waals surface area contributed by atoms with Crippen LogP contribution in [0.15, 0.2) is 53.4 Å². The normalized spacial score (nSPS) is 25.6. The predicted molar refractivity (Wildman–Crippen MR) is 140 cm³/mol. The number of hydrogen-bond acceptors (Lipinski definition) is 6. The van der Waals surface area contributed by atoms with Crippen molar-refractivity contribution >= 4 is 45.2 Å². The molecule has 3 unspecified atom stereocenters. The zero-order valence-corrected chi connectivity index (χ0v) is 20.5. The van der Waals surface area contributed by atoms with E-state index in [2.05, 4.69) is 40.0 Å². The largest absolute Gasteiger partial charge is 0.355 e. The molecule has 0 spiro atoms. The van der Waals surface area contributed by atoms with Crippen LogP contribution in [-0.2, 0) is 0 Å². The van der Waals surface area contributed by atoms with Gasteiger partial charge in [0.15, 0.2) is 0 Å². The maximum atomic E-state index is 6.38. The van der Waals surface area contributed by atoms with E-state index < -0.39 is 0 Å². The zero-order chi connectivity index (χ0) is 23.7. The molecule has 0 bridgehead atoms. The summed E-state index contributed by atoms with van der Waals surface area (Å²) >= 11 is 6.38. The predicted octanol–water partition coefficient (Wildman–Crippen LogP) is 5.82. The Morgan fingerprint density at radius 2 is 2.09 bits per heavy atom. The lowest BCUT2D eigenvalue weighted by Gasteiger charge is -2.26. The minimum Gasteiger partial charge on any atom is -0.355 e. The van der Waals surface area contributed by atoms with E-state index in [0.29, 0.717) is 16.6 Å². The first-order valence-corrected chi connectivity index (χ1v) is 12.7. The molecule has 7 nitrogen and oxygen atoms in total. The number of pyridine rings is 1. The van der Waals surface area contributed by atoms with E-state index in [-0.39, 0.29) is 5.41 Å². The van der Waals surface area contributed by atoms with Gasteiger partial charge in [-0.05, 0) is 43.7 Å². The lowest BCUT2D eigenvalue weighted by Crippen LogP contribution is -2.32. The summed E-state index contributed by atoms with van der Waals surface area (Å²) in [4.78, 5) is 21.5. The zero-order valence-electron chi connectivity index (χ0n) is 19.8. The Bertz CT molecular complexity index is 1550. The Hall–Kier alpha value is -3.32. The van der Waals surface area contributed by atoms with Gasteiger partial charge in [0.1, 0.15) is 11.3 Å². The van der Waals surface area contributed by atoms with Crippen LogP contribution in [0.2, 0.25) is 5.02 Å². The number of H-pyrrole nitrogens is 1. The summed E-state index contributed by atoms with van der Waals surface area (Å²) < 4.78 is 0. The molecule has 3 aromatic heterocycles. The maximum Gasteiger partial charge on any atom is 0.202 e. The molecule has 2 fully saturated rings. The fourth-order valence-electron chi connectivity index (χ4n) is 6.67. The van der Waals surface area contributed by atoms with Crippen LogP contribution in [0.25, 0.3) is 33.3 Å². The van der Waals surface area contributed by atoms with Crippen LogP contribution in [-0.4, -0.2) is 44.0 Å². The molecule has 5 heterocycles. The van der Waals surface area contributed by atoms with Crippen molar-refractivity contribution in [2.45, 2.75) is 33.1 Å². The third-order valence-electron chi connectivity index (χ3n) is 8.42. The van der Waals surface area contributed by atoms with E-state index in [1.165, 1.54) is 17.8 Å². The number of nitrogens with one attached hydrogen (secondary N) is 1. The van der Waals surface area contributed by atoms with E-state index in [9.17, 15) is 0 Å². The van der Waals surface area contributed by atoms with Crippen molar-refractivity contribution in [3.05, 3.63) is 53.5 Å². The van der Waals surface area contributed by atoms with Crippen molar-refractivity contribution in [3.8, 4) is 11.3 Å². The number of fused-ring (bicyclic) bond motifs is 3. The van der Waals surface area contributed by atoms with Gasteiger partial charge in [-0.1, -0.05) is 36.7 Å². The van der Waals surface area contributed by atoms with Crippen molar-refractivity contribution in [1.29, 1.82) is 0 Å². The van der Waals surface area contributed by atoms with Crippen LogP contribution < -0.4 is 4.90 Å². The molecule has 3 atom stereocenters. The smallest absolute Gasteiger partial charge is 0.202 e. The molecular weight excluding hydrogens is 458 g/mol. The second kappa shape index (κ2) is 7.59. The van der Waals surface area contributed by atoms with Crippen molar-refractivity contribution in [2.75, 3.05) is 18.0 Å². The van der Waals surface area contributed by atoms with Gasteiger partial charge in [0.05, 0.1) is 22.4 Å². The molecule has 0 amide bonds. The highest BCUT2D eigenvalue weighted by atomic mass is 35.5. The number of anilines is 1. The summed E-state index contributed by atoms with van der Waals surface area (Å²) in [6, 6.07) is 7.78. The van der Waals surface area contributed by atoms with E-state index in [1.54, 1.807) is 6.20 Å². The molecular formula is C27H26ClN7. The van der Waals surface area contributed by atoms with Crippen LogP contribution in [0.4, 0.5) is 5.82 Å². The third kappa shape index (κ3) is 3.00. The Balaban J connectivity index is 1.20. The molecule has 1 N–H and O–H groups in total. The number of aromatic amines is 1. The Morgan fingerprint density at radius 3 is 2.91 bits per heavy atom. The molecule has 1 saturated heterocycles. The molecule has 0 radical (unpaired) electrons. The van der Waals surface area contributed by atoms with E-state index in [1.807, 2.05) is 30.5 Å². The minimum absolute atomic E-state index is 0.268. The van der Waals surface area contributed by atoms with Crippen LogP contribution in [0.1, 0.15) is 33.1 Å². The number of benzene rings is 1. The highest BCUT2D eigenvalue weighted by Crippen LogP contribution is 2.66. The summed E-state index contributed by atoms with van der Waals surface area (Å²) in [5.74, 6) is 2.28. The molecule has 2 aliphatic heterocycles. The van der Waals surface area contributed by atoms with Crippen LogP contribution in [0.5, 0.6) is 0 Å². The first-order chi connectivity index (χ1) is 17.1. The minimum atomic E-state index is 0.268. The summed E-state index contributed by atoms with van der Waals surface area (Å²) in [5, 5.41) is 9.28. The Labute approximate surface area is 208 Å². The van der Waals surface area contributed by atoms with Gasteiger partial charge in [-0.15, -0.1) is 0 Å². The van der Waals surface area contributed by atoms with Crippen molar-refractivity contribution in [1.82, 2.24) is 25.1 Å². The highest BCUT2D eigenvalue weighted by molar-refractivity contribution is 6.35. The molecule has 7 rings (SSSR count). The van der Waals surface area contributed by atoms with Crippen molar-refractivity contribution in [2.24, 2.45) is 22.2 Å². The highest BCUT2D eigenvalue weighted by Gasteiger charge is 2.66. The number of rotatable bonds is 4. The molecule has 3 aliphatic rings. The first kappa shape index (κ1) is 21.0. The molecule has 1 aliphatic carbocycles. The number of piperidine rings is 1. The lowest BCUT2D eigenvalue weighted by molar-refractivity contribution is 0.543. The summed E-state index contributed by atoms with van der Waals surface area (Å²) in [5.41, 5.74) is 6.79. The summed E-state index contributed by atoms with van der Waals surface area (Å²) in [6.45, 7) is 6.43. The second-order valence-electron chi connectivity index (χ2n) is 9.94. The Kier molecular flexibility index (Phi) is 4.55. The van der Waals surface area contributed by atoms with Crippen LogP contribution in [0, 0.1) is 17.3 Å². The number of aliphatic imine (C=N–C) groups is 1. The SMILES string of the molecule is CCC1(C2=NC(C)=CC2)C2CCN(c3cnc4c(-c5ccc(Cl)c6ncccc56)[nH]nc4n3)CC21. The maximum absolute atomic E-state index is 6.38. The van der Waals surface area contributed by atoms with E-state index in [4.69, 9.17) is 26.6 Å². The first-order valence-electron chi connectivity index (χ1n) is 12.3. The Morgan fingerprint density at radius 1 is 1.17 bits per heavy atom. The summed E-state index contributed by atoms with van der Waals surface area (Å²) in [7, 11) is 0. The number of halogens is 1. The number of allylic oxidation sites excluding steroid dienone is 2. The summed E-state index contributed by atoms with van der Waals surface area (Å²) in [6.07, 6.45) is 9.27. The van der Waals surface area contributed by atoms with Gasteiger partial charge < -0.3 is 4.90 Å². The standard InChI is InChI=1S/C27H26ClN7/c1-3-27(21-9-6-15(2)31-21)18-10-12-35(14-19(18)27)22-13-30-25-24(33-34-26(25)32-22)17-7-8-20(28)23-16(17)5-4-11-29-23/h4-8,11,13,18-19H,3,9-10,12,14H2,1-2H3,(H,32,33,34). The van der Waals surface area contributed by atoms with E-state index in [0.717, 1.165) is 65.3 Å². The average molecular weight is 484 g/mol. The van der Waals surface area contributed by atoms with Gasteiger partial charge in [-0.2, -0.15) is 5.10 Å². The number of aromatic nitrogens is 5. The van der Waals surface area contributed by atoms with Gasteiger partial charge >= 0.3 is 0 Å². The van der Waals surface area contributed by atoms with Gasteiger partial charge in [-0.25, -0.2) is 9.97 Å². The topological polar surface area (TPSA) is 83.0 Å². The monoisotopic (exact) mass is 483 g/mol. The number of nitrogens with zero attached hydrogens (tertiary/aromatic N) is 6. The second-order valence-corrected chi connectivity index (χ2v) is 10.4. The third-order valence-corrected chi connectivity index (χ3v) is 8.72. The molecule has 8 heteroatoms. The van der Waals surface area contributed by atoms with Crippen LogP contribution in [0.3, 0.4) is 0 Å². The van der Waals surface area contributed by atoms with E-state index >= 15 is 0 Å². The lowest BCUT2D eigenvalue weighted by atomic mass is 9.90. The van der Waals surface area contributed by atoms with Crippen LogP contribution >= 0.6 is 11.6 Å². The van der Waals surface area contributed by atoms with Gasteiger partial charge in [0.2, 0.25) is 5.65 Å². The molecule has 176 valence electrons. The molecule has 1 saturated carbocycles. The molecule has 35 heavy (non-hydrogen) atoms. The van der Waals surface area contributed by atoms with Crippen molar-refractivity contribution in [3.63, 3.8) is 0 Å². The van der Waals surface area contributed by atoms with Gasteiger partial charge in [-0.3, -0.25) is 15.1 Å². The van der Waals surface area contributed by atoms with Gasteiger partial charge in [0.25, 0.3) is 0 Å². The fraction of sp³-hybridized carbons (Fsp3) is 0.370. The van der Waals surface area contributed by atoms with Gasteiger partial charge in [0, 0.05) is 53.5 Å². The fourth-order valence-corrected chi connectivity index (χ4v) is 6.88. The molecule has 4 aromatic rings. The quantitative estimate of drug-likeness (QED) is 0.395. The van der Waals surface area contributed by atoms with Crippen molar-refractivity contribution < 1.29 is 0 Å². The number of hydrogen-bond donors (Lipinski definition) is 1. The average Bonchev–Trinajstić information content (AvgIpc) is 3.13.